The van der Waals surface area contributed by atoms with Gasteiger partial charge in [0.15, 0.2) is 0 Å². The van der Waals surface area contributed by atoms with E-state index in [9.17, 15) is 28.1 Å². The van der Waals surface area contributed by atoms with E-state index in [0.29, 0.717) is 18.4 Å². The molecule has 1 atom stereocenters. The number of nitriles is 1. The minimum atomic E-state index is -4.30. The number of hydrogen-bond donors (Lipinski definition) is 2. The fourth-order valence-electron chi connectivity index (χ4n) is 5.42. The number of piperidine rings is 1. The number of carbonyl (C=O) groups excluding carboxylic acids is 3. The quantitative estimate of drug-likeness (QED) is 0.331. The smallest absolute Gasteiger partial charge is 0.410 e. The van der Waals surface area contributed by atoms with Gasteiger partial charge in [-0.2, -0.15) is 5.26 Å². The predicted octanol–water partition coefficient (Wildman–Crippen LogP) is 3.26. The molecule has 2 aromatic carbocycles. The molecule has 2 heterocycles. The van der Waals surface area contributed by atoms with Crippen molar-refractivity contribution >= 4 is 33.7 Å². The van der Waals surface area contributed by atoms with E-state index in [1.54, 1.807) is 51.1 Å². The monoisotopic (exact) mass is 651 g/mol. The van der Waals surface area contributed by atoms with E-state index in [1.165, 1.54) is 29.2 Å². The molecule has 0 spiro atoms. The van der Waals surface area contributed by atoms with Crippen molar-refractivity contribution in [3.8, 4) is 6.07 Å². The van der Waals surface area contributed by atoms with Crippen LogP contribution in [0, 0.1) is 11.3 Å². The van der Waals surface area contributed by atoms with Gasteiger partial charge in [-0.3, -0.25) is 4.90 Å². The number of nitrogens with zero attached hydrogens (tertiary/aromatic N) is 3. The highest BCUT2D eigenvalue weighted by Crippen LogP contribution is 2.44. The Morgan fingerprint density at radius 1 is 0.957 bits per heavy atom. The van der Waals surface area contributed by atoms with Crippen LogP contribution in [-0.2, 0) is 33.8 Å². The van der Waals surface area contributed by atoms with Gasteiger partial charge in [0.1, 0.15) is 22.0 Å². The van der Waals surface area contributed by atoms with Gasteiger partial charge in [-0.1, -0.05) is 42.5 Å². The first kappa shape index (κ1) is 34.0. The molecule has 2 aromatic rings. The van der Waals surface area contributed by atoms with Crippen LogP contribution in [0.15, 0.2) is 82.2 Å². The van der Waals surface area contributed by atoms with Crippen LogP contribution in [0.4, 0.5) is 10.5 Å². The maximum Gasteiger partial charge on any atom is 0.410 e. The minimum absolute atomic E-state index is 0.0974. The van der Waals surface area contributed by atoms with E-state index in [4.69, 9.17) is 19.9 Å². The number of sulfonamides is 1. The summed E-state index contributed by atoms with van der Waals surface area (Å²) in [4.78, 5) is 41.6. The van der Waals surface area contributed by atoms with Crippen LogP contribution < -0.4 is 15.4 Å². The third kappa shape index (κ3) is 7.00. The second kappa shape index (κ2) is 13.6. The molecule has 0 saturated carbocycles. The molecule has 2 aliphatic heterocycles. The molecule has 2 aliphatic rings. The zero-order chi connectivity index (χ0) is 33.8. The molecule has 14 heteroatoms. The molecule has 0 aromatic heterocycles. The lowest BCUT2D eigenvalue weighted by Crippen LogP contribution is -2.48. The Bertz CT molecular complexity index is 1720. The normalized spacial score (nSPS) is 17.8. The van der Waals surface area contributed by atoms with Gasteiger partial charge in [-0.25, -0.2) is 27.5 Å². The Morgan fingerprint density at radius 2 is 1.54 bits per heavy atom. The first-order chi connectivity index (χ1) is 21.7. The van der Waals surface area contributed by atoms with Crippen molar-refractivity contribution in [2.75, 3.05) is 32.2 Å². The standard InChI is InChI=1S/C32H37N5O8S/c1-32(2,3)45-31(40)36-17-15-21(16-18-36)35-46(41,42)24-14-10-9-13-23(24)37-27(30(39)44-5)26(29(38)43-4)25(22(19-33)28(37)34)20-11-7-6-8-12-20/h6-14,21,25,35H,15-18,34H2,1-5H3. The largest absolute Gasteiger partial charge is 0.466 e. The van der Waals surface area contributed by atoms with Gasteiger partial charge in [0.25, 0.3) is 0 Å². The number of anilines is 1. The molecule has 244 valence electrons. The van der Waals surface area contributed by atoms with Crippen molar-refractivity contribution in [1.82, 2.24) is 9.62 Å². The molecule has 13 nitrogen and oxygen atoms in total. The molecule has 4 rings (SSSR count). The number of amides is 1. The molecule has 1 fully saturated rings. The van der Waals surface area contributed by atoms with Crippen molar-refractivity contribution < 1.29 is 37.0 Å². The number of nitrogens with two attached hydrogens (primary N) is 1. The number of benzene rings is 2. The van der Waals surface area contributed by atoms with E-state index in [-0.39, 0.29) is 40.6 Å². The lowest BCUT2D eigenvalue weighted by molar-refractivity contribution is -0.139. The van der Waals surface area contributed by atoms with Crippen molar-refractivity contribution in [1.29, 1.82) is 5.26 Å². The van der Waals surface area contributed by atoms with Gasteiger partial charge < -0.3 is 24.8 Å². The molecular weight excluding hydrogens is 614 g/mol. The average molecular weight is 652 g/mol. The zero-order valence-electron chi connectivity index (χ0n) is 26.3. The Labute approximate surface area is 268 Å². The number of esters is 2. The predicted molar refractivity (Wildman–Crippen MR) is 167 cm³/mol. The summed E-state index contributed by atoms with van der Waals surface area (Å²) in [6.45, 7) is 5.85. The number of allylic oxidation sites excluding steroid dienone is 1. The lowest BCUT2D eigenvalue weighted by Gasteiger charge is -2.37. The van der Waals surface area contributed by atoms with Gasteiger partial charge in [-0.05, 0) is 51.3 Å². The van der Waals surface area contributed by atoms with Gasteiger partial charge >= 0.3 is 18.0 Å². The number of para-hydroxylation sites is 1. The first-order valence-electron chi connectivity index (χ1n) is 14.5. The highest BCUT2D eigenvalue weighted by molar-refractivity contribution is 7.89. The molecule has 0 aliphatic carbocycles. The zero-order valence-corrected chi connectivity index (χ0v) is 27.1. The topological polar surface area (TPSA) is 181 Å². The van der Waals surface area contributed by atoms with Crippen molar-refractivity contribution in [2.45, 2.75) is 56.1 Å². The van der Waals surface area contributed by atoms with Crippen LogP contribution in [0.2, 0.25) is 0 Å². The van der Waals surface area contributed by atoms with Gasteiger partial charge in [0, 0.05) is 19.1 Å². The number of rotatable bonds is 7. The molecule has 1 amide bonds. The van der Waals surface area contributed by atoms with Crippen LogP contribution in [0.3, 0.4) is 0 Å². The second-order valence-corrected chi connectivity index (χ2v) is 13.3. The molecular formula is C32H37N5O8S. The number of hydrogen-bond acceptors (Lipinski definition) is 11. The number of methoxy groups -OCH3 is 2. The summed E-state index contributed by atoms with van der Waals surface area (Å²) in [5.74, 6) is -3.32. The van der Waals surface area contributed by atoms with Crippen molar-refractivity contribution in [3.63, 3.8) is 0 Å². The van der Waals surface area contributed by atoms with E-state index in [0.717, 1.165) is 19.1 Å². The minimum Gasteiger partial charge on any atom is -0.466 e. The van der Waals surface area contributed by atoms with Crippen LogP contribution >= 0.6 is 0 Å². The molecule has 3 N–H and O–H groups in total. The number of nitrogens with one attached hydrogen (secondary N) is 1. The number of carbonyl (C=O) groups is 3. The summed E-state index contributed by atoms with van der Waals surface area (Å²) >= 11 is 0. The maximum atomic E-state index is 13.9. The fraction of sp³-hybridized carbons (Fsp3) is 0.375. The molecule has 1 saturated heterocycles. The first-order valence-corrected chi connectivity index (χ1v) is 16.0. The molecule has 1 unspecified atom stereocenters. The van der Waals surface area contributed by atoms with E-state index in [2.05, 4.69) is 10.8 Å². The summed E-state index contributed by atoms with van der Waals surface area (Å²) in [7, 11) is -2.07. The summed E-state index contributed by atoms with van der Waals surface area (Å²) in [5, 5.41) is 10.3. The van der Waals surface area contributed by atoms with E-state index in [1.807, 2.05) is 0 Å². The van der Waals surface area contributed by atoms with Crippen LogP contribution in [0.25, 0.3) is 0 Å². The van der Waals surface area contributed by atoms with Crippen molar-refractivity contribution in [3.05, 3.63) is 82.8 Å². The van der Waals surface area contributed by atoms with Gasteiger partial charge in [-0.15, -0.1) is 0 Å². The van der Waals surface area contributed by atoms with Crippen molar-refractivity contribution in [2.24, 2.45) is 5.73 Å². The number of likely N-dealkylation sites (tertiary alicyclic amines) is 1. The number of ether oxygens (including phenoxy) is 3. The van der Waals surface area contributed by atoms with E-state index < -0.39 is 51.3 Å². The lowest BCUT2D eigenvalue weighted by atomic mass is 9.81. The average Bonchev–Trinajstić information content (AvgIpc) is 3.03. The SMILES string of the molecule is COC(=O)C1=C(C(=O)OC)N(c2ccccc2S(=O)(=O)NC2CCN(C(=O)OC(C)(C)C)CC2)C(N)=C(C#N)C1c1ccccc1. The summed E-state index contributed by atoms with van der Waals surface area (Å²) in [5.41, 5.74) is 5.55. The highest BCUT2D eigenvalue weighted by Gasteiger charge is 2.44. The molecule has 0 bridgehead atoms. The highest BCUT2D eigenvalue weighted by atomic mass is 32.2. The summed E-state index contributed by atoms with van der Waals surface area (Å²) in [6, 6.07) is 15.8. The molecule has 46 heavy (non-hydrogen) atoms. The van der Waals surface area contributed by atoms with Crippen LogP contribution in [0.5, 0.6) is 0 Å². The van der Waals surface area contributed by atoms with E-state index >= 15 is 0 Å². The second-order valence-electron chi connectivity index (χ2n) is 11.7. The van der Waals surface area contributed by atoms with Gasteiger partial charge in [0.2, 0.25) is 10.0 Å². The Kier molecular flexibility index (Phi) is 10.1. The summed E-state index contributed by atoms with van der Waals surface area (Å²) in [6.07, 6.45) is 0.171. The maximum absolute atomic E-state index is 13.9. The van der Waals surface area contributed by atoms with Crippen LogP contribution in [0.1, 0.15) is 45.1 Å². The molecule has 0 radical (unpaired) electrons. The fourth-order valence-corrected chi connectivity index (χ4v) is 6.92. The third-order valence-electron chi connectivity index (χ3n) is 7.47. The Balaban J connectivity index is 1.78. The summed E-state index contributed by atoms with van der Waals surface area (Å²) < 4.78 is 46.1. The van der Waals surface area contributed by atoms with Gasteiger partial charge in [0.05, 0.1) is 43.0 Å². The Hall–Kier alpha value is -4.87. The van der Waals surface area contributed by atoms with Crippen LogP contribution in [-0.4, -0.2) is 70.3 Å². The Morgan fingerprint density at radius 3 is 2.11 bits per heavy atom. The third-order valence-corrected chi connectivity index (χ3v) is 9.04.